The van der Waals surface area contributed by atoms with E-state index in [1.165, 1.54) is 0 Å². The Kier molecular flexibility index (Phi) is 2.96. The number of urea groups is 1. The van der Waals surface area contributed by atoms with Gasteiger partial charge in [0.05, 0.1) is 18.8 Å². The fourth-order valence-electron chi connectivity index (χ4n) is 2.72. The van der Waals surface area contributed by atoms with Crippen LogP contribution in [-0.2, 0) is 4.74 Å². The molecule has 0 spiro atoms. The number of morpholine rings is 1. The fraction of sp³-hybridized carbons (Fsp3) is 0.917. The molecule has 3 aliphatic rings. The van der Waals surface area contributed by atoms with Gasteiger partial charge in [0.25, 0.3) is 0 Å². The van der Waals surface area contributed by atoms with Crippen LogP contribution in [0.25, 0.3) is 0 Å². The van der Waals surface area contributed by atoms with E-state index in [0.717, 1.165) is 45.5 Å². The number of ether oxygens (including phenoxy) is 1. The monoisotopic (exact) mass is 239 g/mol. The molecule has 2 atom stereocenters. The number of carbonyl (C=O) groups excluding carboxylic acids is 1. The summed E-state index contributed by atoms with van der Waals surface area (Å²) in [7, 11) is 2.13. The predicted molar refractivity (Wildman–Crippen MR) is 63.9 cm³/mol. The Morgan fingerprint density at radius 1 is 1.29 bits per heavy atom. The van der Waals surface area contributed by atoms with Crippen molar-refractivity contribution in [2.75, 3.05) is 33.3 Å². The topological polar surface area (TPSA) is 44.8 Å². The van der Waals surface area contributed by atoms with E-state index in [4.69, 9.17) is 4.74 Å². The van der Waals surface area contributed by atoms with Crippen LogP contribution in [0.15, 0.2) is 0 Å². The third-order valence-electron chi connectivity index (χ3n) is 4.05. The first-order valence-corrected chi connectivity index (χ1v) is 6.61. The zero-order valence-electron chi connectivity index (χ0n) is 10.4. The minimum absolute atomic E-state index is 0.116. The van der Waals surface area contributed by atoms with Crippen LogP contribution < -0.4 is 5.32 Å². The number of likely N-dealkylation sites (N-methyl/N-ethyl adjacent to an activating group) is 1. The number of nitrogens with one attached hydrogen (secondary N) is 1. The van der Waals surface area contributed by atoms with E-state index < -0.39 is 0 Å². The van der Waals surface area contributed by atoms with Crippen molar-refractivity contribution in [3.05, 3.63) is 0 Å². The van der Waals surface area contributed by atoms with Gasteiger partial charge in [0.2, 0.25) is 0 Å². The Balaban J connectivity index is 1.58. The second kappa shape index (κ2) is 4.46. The summed E-state index contributed by atoms with van der Waals surface area (Å²) in [6.07, 6.45) is 3.58. The Hall–Kier alpha value is -0.810. The fourth-order valence-corrected chi connectivity index (χ4v) is 2.72. The largest absolute Gasteiger partial charge is 0.375 e. The number of likely N-dealkylation sites (tertiary alicyclic amines) is 1. The molecule has 17 heavy (non-hydrogen) atoms. The lowest BCUT2D eigenvalue weighted by atomic mass is 9.99. The van der Waals surface area contributed by atoms with E-state index in [0.29, 0.717) is 18.2 Å². The molecule has 96 valence electrons. The highest BCUT2D eigenvalue weighted by Gasteiger charge is 2.37. The lowest BCUT2D eigenvalue weighted by molar-refractivity contribution is -0.0881. The summed E-state index contributed by atoms with van der Waals surface area (Å²) in [5, 5.41) is 3.06. The molecule has 5 nitrogen and oxygen atoms in total. The molecule has 2 unspecified atom stereocenters. The maximum Gasteiger partial charge on any atom is 0.317 e. The zero-order valence-corrected chi connectivity index (χ0v) is 10.4. The number of hydrogen-bond acceptors (Lipinski definition) is 3. The number of amides is 2. The molecule has 0 aromatic heterocycles. The third kappa shape index (κ3) is 2.40. The molecule has 1 saturated carbocycles. The van der Waals surface area contributed by atoms with Crippen LogP contribution in [0.2, 0.25) is 0 Å². The molecule has 2 amide bonds. The average molecular weight is 239 g/mol. The molecule has 3 fully saturated rings. The van der Waals surface area contributed by atoms with Gasteiger partial charge >= 0.3 is 6.03 Å². The summed E-state index contributed by atoms with van der Waals surface area (Å²) in [5.41, 5.74) is 0. The number of nitrogens with zero attached hydrogens (tertiary/aromatic N) is 2. The summed E-state index contributed by atoms with van der Waals surface area (Å²) in [5.74, 6) is 0. The molecule has 0 bridgehead atoms. The highest BCUT2D eigenvalue weighted by atomic mass is 16.5. The highest BCUT2D eigenvalue weighted by Crippen LogP contribution is 2.23. The minimum Gasteiger partial charge on any atom is -0.375 e. The van der Waals surface area contributed by atoms with E-state index >= 15 is 0 Å². The van der Waals surface area contributed by atoms with E-state index in [1.807, 2.05) is 4.90 Å². The van der Waals surface area contributed by atoms with Gasteiger partial charge in [-0.25, -0.2) is 4.79 Å². The first kappa shape index (κ1) is 11.3. The zero-order chi connectivity index (χ0) is 11.8. The first-order chi connectivity index (χ1) is 8.24. The van der Waals surface area contributed by atoms with Gasteiger partial charge in [-0.05, 0) is 26.3 Å². The standard InChI is InChI=1S/C12H21N3O2/c1-14-6-7-17-11-4-5-15(8-10(11)14)12(16)13-9-2-3-9/h9-11H,2-8H2,1H3,(H,13,16). The maximum absolute atomic E-state index is 12.0. The maximum atomic E-state index is 12.0. The van der Waals surface area contributed by atoms with Crippen molar-refractivity contribution in [2.45, 2.75) is 37.5 Å². The normalized spacial score (nSPS) is 34.3. The van der Waals surface area contributed by atoms with E-state index in [2.05, 4.69) is 17.3 Å². The summed E-state index contributed by atoms with van der Waals surface area (Å²) >= 11 is 0. The van der Waals surface area contributed by atoms with Crippen molar-refractivity contribution in [3.63, 3.8) is 0 Å². The van der Waals surface area contributed by atoms with Crippen LogP contribution in [0.4, 0.5) is 4.79 Å². The van der Waals surface area contributed by atoms with Gasteiger partial charge in [-0.2, -0.15) is 0 Å². The summed E-state index contributed by atoms with van der Waals surface area (Å²) in [6, 6.07) is 0.938. The van der Waals surface area contributed by atoms with E-state index in [9.17, 15) is 4.79 Å². The molecular weight excluding hydrogens is 218 g/mol. The first-order valence-electron chi connectivity index (χ1n) is 6.61. The summed E-state index contributed by atoms with van der Waals surface area (Å²) in [6.45, 7) is 3.43. The van der Waals surface area contributed by atoms with Crippen LogP contribution in [0.5, 0.6) is 0 Å². The van der Waals surface area contributed by atoms with Gasteiger partial charge in [0.1, 0.15) is 0 Å². The molecule has 5 heteroatoms. The molecule has 3 rings (SSSR count). The number of piperidine rings is 1. The lowest BCUT2D eigenvalue weighted by Gasteiger charge is -2.45. The van der Waals surface area contributed by atoms with Crippen molar-refractivity contribution in [1.82, 2.24) is 15.1 Å². The smallest absolute Gasteiger partial charge is 0.317 e. The minimum atomic E-state index is 0.116. The number of rotatable bonds is 1. The number of fused-ring (bicyclic) bond motifs is 1. The van der Waals surface area contributed by atoms with Crippen LogP contribution in [-0.4, -0.2) is 67.3 Å². The Labute approximate surface area is 102 Å². The molecule has 2 aliphatic heterocycles. The highest BCUT2D eigenvalue weighted by molar-refractivity contribution is 5.75. The quantitative estimate of drug-likeness (QED) is 0.714. The molecule has 2 saturated heterocycles. The predicted octanol–water partition coefficient (Wildman–Crippen LogP) is 0.263. The lowest BCUT2D eigenvalue weighted by Crippen LogP contribution is -2.60. The third-order valence-corrected chi connectivity index (χ3v) is 4.05. The van der Waals surface area contributed by atoms with Crippen molar-refractivity contribution < 1.29 is 9.53 Å². The van der Waals surface area contributed by atoms with Crippen molar-refractivity contribution in [3.8, 4) is 0 Å². The van der Waals surface area contributed by atoms with Crippen molar-refractivity contribution in [1.29, 1.82) is 0 Å². The molecular formula is C12H21N3O2. The van der Waals surface area contributed by atoms with E-state index in [1.54, 1.807) is 0 Å². The van der Waals surface area contributed by atoms with Crippen molar-refractivity contribution >= 4 is 6.03 Å². The van der Waals surface area contributed by atoms with Crippen LogP contribution in [0.3, 0.4) is 0 Å². The van der Waals surface area contributed by atoms with Gasteiger partial charge in [0.15, 0.2) is 0 Å². The van der Waals surface area contributed by atoms with Gasteiger partial charge in [-0.3, -0.25) is 4.90 Å². The van der Waals surface area contributed by atoms with E-state index in [-0.39, 0.29) is 6.03 Å². The van der Waals surface area contributed by atoms with Gasteiger partial charge in [-0.1, -0.05) is 0 Å². The molecule has 0 aromatic rings. The van der Waals surface area contributed by atoms with Gasteiger partial charge in [-0.15, -0.1) is 0 Å². The Morgan fingerprint density at radius 2 is 2.12 bits per heavy atom. The van der Waals surface area contributed by atoms with Crippen LogP contribution in [0.1, 0.15) is 19.3 Å². The summed E-state index contributed by atoms with van der Waals surface area (Å²) < 4.78 is 5.77. The molecule has 0 aromatic carbocycles. The van der Waals surface area contributed by atoms with Gasteiger partial charge in [0, 0.05) is 25.7 Å². The number of carbonyl (C=O) groups is 1. The summed E-state index contributed by atoms with van der Waals surface area (Å²) in [4.78, 5) is 16.3. The SMILES string of the molecule is CN1CCOC2CCN(C(=O)NC3CC3)CC21. The van der Waals surface area contributed by atoms with Crippen LogP contribution >= 0.6 is 0 Å². The Morgan fingerprint density at radius 3 is 2.88 bits per heavy atom. The second-order valence-electron chi connectivity index (χ2n) is 5.42. The van der Waals surface area contributed by atoms with Gasteiger partial charge < -0.3 is 15.0 Å². The number of hydrogen-bond donors (Lipinski definition) is 1. The molecule has 2 heterocycles. The van der Waals surface area contributed by atoms with Crippen molar-refractivity contribution in [2.24, 2.45) is 0 Å². The molecule has 1 aliphatic carbocycles. The van der Waals surface area contributed by atoms with Crippen LogP contribution in [0, 0.1) is 0 Å². The molecule has 0 radical (unpaired) electrons. The Bertz CT molecular complexity index is 306. The average Bonchev–Trinajstić information content (AvgIpc) is 3.13. The molecule has 1 N–H and O–H groups in total. The second-order valence-corrected chi connectivity index (χ2v) is 5.42.